The highest BCUT2D eigenvalue weighted by molar-refractivity contribution is 5.91. The van der Waals surface area contributed by atoms with E-state index in [9.17, 15) is 4.79 Å². The van der Waals surface area contributed by atoms with Crippen molar-refractivity contribution in [1.82, 2.24) is 20.4 Å². The molecule has 1 unspecified atom stereocenters. The third kappa shape index (κ3) is 3.03. The molecule has 2 aliphatic rings. The standard InChI is InChI=1S/C14H22N4O2/c19-14(13-2-1-9-20-13)18-8-5-16-10-12(18)11-17-6-3-15-4-7-17/h1-2,9,12,15-16H,3-8,10-11H2. The zero-order chi connectivity index (χ0) is 13.8. The van der Waals surface area contributed by atoms with Gasteiger partial charge in [0.05, 0.1) is 12.3 Å². The van der Waals surface area contributed by atoms with Crippen LogP contribution in [0.25, 0.3) is 0 Å². The number of furan rings is 1. The maximum absolute atomic E-state index is 12.5. The van der Waals surface area contributed by atoms with Crippen LogP contribution in [0.4, 0.5) is 0 Å². The zero-order valence-corrected chi connectivity index (χ0v) is 11.7. The van der Waals surface area contributed by atoms with Crippen molar-refractivity contribution in [2.24, 2.45) is 0 Å². The molecular formula is C14H22N4O2. The number of nitrogens with zero attached hydrogens (tertiary/aromatic N) is 2. The van der Waals surface area contributed by atoms with Gasteiger partial charge in [-0.05, 0) is 12.1 Å². The highest BCUT2D eigenvalue weighted by Crippen LogP contribution is 2.12. The largest absolute Gasteiger partial charge is 0.459 e. The van der Waals surface area contributed by atoms with E-state index in [1.54, 1.807) is 18.4 Å². The van der Waals surface area contributed by atoms with Gasteiger partial charge in [0.25, 0.3) is 5.91 Å². The van der Waals surface area contributed by atoms with E-state index in [2.05, 4.69) is 15.5 Å². The highest BCUT2D eigenvalue weighted by Gasteiger charge is 2.30. The number of carbonyl (C=O) groups excluding carboxylic acids is 1. The Bertz CT molecular complexity index is 428. The first-order valence-corrected chi connectivity index (χ1v) is 7.33. The molecule has 0 bridgehead atoms. The molecule has 20 heavy (non-hydrogen) atoms. The first-order chi connectivity index (χ1) is 9.84. The lowest BCUT2D eigenvalue weighted by atomic mass is 10.1. The molecule has 1 atom stereocenters. The minimum absolute atomic E-state index is 0.0108. The summed E-state index contributed by atoms with van der Waals surface area (Å²) in [6, 6.07) is 3.73. The number of amides is 1. The highest BCUT2D eigenvalue weighted by atomic mass is 16.3. The van der Waals surface area contributed by atoms with Gasteiger partial charge in [-0.1, -0.05) is 0 Å². The van der Waals surface area contributed by atoms with E-state index in [-0.39, 0.29) is 11.9 Å². The summed E-state index contributed by atoms with van der Waals surface area (Å²) >= 11 is 0. The van der Waals surface area contributed by atoms with Crippen LogP contribution in [-0.4, -0.2) is 74.1 Å². The monoisotopic (exact) mass is 278 g/mol. The van der Waals surface area contributed by atoms with Crippen LogP contribution in [0.1, 0.15) is 10.6 Å². The maximum Gasteiger partial charge on any atom is 0.289 e. The molecular weight excluding hydrogens is 256 g/mol. The quantitative estimate of drug-likeness (QED) is 0.788. The Kier molecular flexibility index (Phi) is 4.34. The van der Waals surface area contributed by atoms with Crippen molar-refractivity contribution < 1.29 is 9.21 Å². The third-order valence-corrected chi connectivity index (χ3v) is 4.02. The Balaban J connectivity index is 1.65. The van der Waals surface area contributed by atoms with E-state index in [0.717, 1.165) is 52.4 Å². The number of piperazine rings is 2. The molecule has 0 aliphatic carbocycles. The molecule has 6 heteroatoms. The molecule has 0 spiro atoms. The summed E-state index contributed by atoms with van der Waals surface area (Å²) in [5.41, 5.74) is 0. The molecule has 1 aromatic rings. The number of rotatable bonds is 3. The lowest BCUT2D eigenvalue weighted by Gasteiger charge is -2.39. The second kappa shape index (κ2) is 6.39. The Morgan fingerprint density at radius 2 is 2.05 bits per heavy atom. The summed E-state index contributed by atoms with van der Waals surface area (Å²) in [5.74, 6) is 0.453. The second-order valence-electron chi connectivity index (χ2n) is 5.38. The Labute approximate surface area is 119 Å². The minimum atomic E-state index is 0.0108. The summed E-state index contributed by atoms with van der Waals surface area (Å²) in [5, 5.41) is 6.74. The van der Waals surface area contributed by atoms with Crippen LogP contribution in [0.15, 0.2) is 22.8 Å². The molecule has 110 valence electrons. The fraction of sp³-hybridized carbons (Fsp3) is 0.643. The third-order valence-electron chi connectivity index (χ3n) is 4.02. The van der Waals surface area contributed by atoms with Crippen molar-refractivity contribution in [2.75, 3.05) is 52.4 Å². The average molecular weight is 278 g/mol. The predicted octanol–water partition coefficient (Wildman–Crippen LogP) is -0.401. The first kappa shape index (κ1) is 13.6. The van der Waals surface area contributed by atoms with E-state index in [1.807, 2.05) is 4.90 Å². The van der Waals surface area contributed by atoms with E-state index in [0.29, 0.717) is 5.76 Å². The van der Waals surface area contributed by atoms with Gasteiger partial charge < -0.3 is 20.0 Å². The van der Waals surface area contributed by atoms with Crippen LogP contribution >= 0.6 is 0 Å². The van der Waals surface area contributed by atoms with Crippen molar-refractivity contribution in [3.05, 3.63) is 24.2 Å². The minimum Gasteiger partial charge on any atom is -0.459 e. The molecule has 0 aromatic carbocycles. The molecule has 3 heterocycles. The SMILES string of the molecule is O=C(c1ccco1)N1CCNCC1CN1CCNCC1. The molecule has 2 aliphatic heterocycles. The summed E-state index contributed by atoms with van der Waals surface area (Å²) < 4.78 is 5.25. The molecule has 3 rings (SSSR count). The van der Waals surface area contributed by atoms with Gasteiger partial charge in [-0.2, -0.15) is 0 Å². The predicted molar refractivity (Wildman–Crippen MR) is 75.7 cm³/mol. The zero-order valence-electron chi connectivity index (χ0n) is 11.7. The van der Waals surface area contributed by atoms with Gasteiger partial charge in [-0.15, -0.1) is 0 Å². The second-order valence-corrected chi connectivity index (χ2v) is 5.38. The fourth-order valence-electron chi connectivity index (χ4n) is 2.92. The number of hydrogen-bond acceptors (Lipinski definition) is 5. The summed E-state index contributed by atoms with van der Waals surface area (Å²) in [7, 11) is 0. The molecule has 2 N–H and O–H groups in total. The number of nitrogens with one attached hydrogen (secondary N) is 2. The van der Waals surface area contributed by atoms with Gasteiger partial charge in [-0.3, -0.25) is 9.69 Å². The topological polar surface area (TPSA) is 60.8 Å². The normalized spacial score (nSPS) is 24.8. The summed E-state index contributed by atoms with van der Waals surface area (Å²) in [6.45, 7) is 7.56. The van der Waals surface area contributed by atoms with Crippen molar-refractivity contribution in [2.45, 2.75) is 6.04 Å². The Hall–Kier alpha value is -1.37. The van der Waals surface area contributed by atoms with Gasteiger partial charge in [0.1, 0.15) is 0 Å². The fourth-order valence-corrected chi connectivity index (χ4v) is 2.92. The Morgan fingerprint density at radius 1 is 1.25 bits per heavy atom. The summed E-state index contributed by atoms with van der Waals surface area (Å²) in [4.78, 5) is 16.9. The van der Waals surface area contributed by atoms with Gasteiger partial charge in [0.2, 0.25) is 0 Å². The lowest BCUT2D eigenvalue weighted by Crippen LogP contribution is -2.59. The van der Waals surface area contributed by atoms with E-state index in [1.165, 1.54) is 0 Å². The molecule has 6 nitrogen and oxygen atoms in total. The van der Waals surface area contributed by atoms with Crippen LogP contribution in [0, 0.1) is 0 Å². The van der Waals surface area contributed by atoms with E-state index >= 15 is 0 Å². The maximum atomic E-state index is 12.5. The lowest BCUT2D eigenvalue weighted by molar-refractivity contribution is 0.0534. The average Bonchev–Trinajstić information content (AvgIpc) is 3.02. The van der Waals surface area contributed by atoms with Crippen LogP contribution < -0.4 is 10.6 Å². The smallest absolute Gasteiger partial charge is 0.289 e. The molecule has 0 radical (unpaired) electrons. The number of hydrogen-bond donors (Lipinski definition) is 2. The van der Waals surface area contributed by atoms with E-state index < -0.39 is 0 Å². The van der Waals surface area contributed by atoms with Crippen LogP contribution in [0.3, 0.4) is 0 Å². The van der Waals surface area contributed by atoms with Gasteiger partial charge >= 0.3 is 0 Å². The van der Waals surface area contributed by atoms with Crippen molar-refractivity contribution >= 4 is 5.91 Å². The first-order valence-electron chi connectivity index (χ1n) is 7.33. The van der Waals surface area contributed by atoms with Crippen LogP contribution in [0.5, 0.6) is 0 Å². The molecule has 1 amide bonds. The number of carbonyl (C=O) groups is 1. The molecule has 0 saturated carbocycles. The van der Waals surface area contributed by atoms with Crippen LogP contribution in [0.2, 0.25) is 0 Å². The summed E-state index contributed by atoms with van der Waals surface area (Å²) in [6.07, 6.45) is 1.56. The van der Waals surface area contributed by atoms with Crippen molar-refractivity contribution in [3.8, 4) is 0 Å². The van der Waals surface area contributed by atoms with E-state index in [4.69, 9.17) is 4.42 Å². The van der Waals surface area contributed by atoms with Gasteiger partial charge in [0.15, 0.2) is 5.76 Å². The Morgan fingerprint density at radius 3 is 2.80 bits per heavy atom. The van der Waals surface area contributed by atoms with Crippen LogP contribution in [-0.2, 0) is 0 Å². The van der Waals surface area contributed by atoms with Gasteiger partial charge in [-0.25, -0.2) is 0 Å². The van der Waals surface area contributed by atoms with Crippen molar-refractivity contribution in [3.63, 3.8) is 0 Å². The molecule has 2 saturated heterocycles. The van der Waals surface area contributed by atoms with Crippen molar-refractivity contribution in [1.29, 1.82) is 0 Å². The van der Waals surface area contributed by atoms with Gasteiger partial charge in [0, 0.05) is 52.4 Å². The molecule has 1 aromatic heterocycles. The molecule has 2 fully saturated rings.